The molecule has 108 valence electrons. The van der Waals surface area contributed by atoms with Gasteiger partial charge in [0.1, 0.15) is 11.6 Å². The highest BCUT2D eigenvalue weighted by molar-refractivity contribution is 5.34. The third-order valence-corrected chi connectivity index (χ3v) is 4.56. The number of rotatable bonds is 4. The number of hydrogen-bond donors (Lipinski definition) is 1. The standard InChI is InChI=1S/C16H20F2N2/c1-3-12-4-5-16(10(12)2)20-9-13-14(17)6-11(8-19)7-15(13)18/h6-7,10,12,16,20H,3-5,9H2,1-2H3. The molecule has 2 rings (SSSR count). The van der Waals surface area contributed by atoms with Crippen molar-refractivity contribution in [3.8, 4) is 6.07 Å². The molecule has 1 aromatic carbocycles. The van der Waals surface area contributed by atoms with E-state index in [-0.39, 0.29) is 17.7 Å². The van der Waals surface area contributed by atoms with E-state index in [1.54, 1.807) is 6.07 Å². The van der Waals surface area contributed by atoms with Crippen molar-refractivity contribution in [2.45, 2.75) is 45.7 Å². The number of halogens is 2. The summed E-state index contributed by atoms with van der Waals surface area (Å²) in [4.78, 5) is 0. The molecule has 0 aromatic heterocycles. The molecule has 1 aromatic rings. The van der Waals surface area contributed by atoms with Gasteiger partial charge in [0, 0.05) is 18.2 Å². The van der Waals surface area contributed by atoms with Crippen molar-refractivity contribution in [2.75, 3.05) is 0 Å². The summed E-state index contributed by atoms with van der Waals surface area (Å²) in [5, 5.41) is 11.9. The molecule has 0 saturated heterocycles. The Balaban J connectivity index is 2.04. The Labute approximate surface area is 118 Å². The molecule has 1 fully saturated rings. The zero-order chi connectivity index (χ0) is 14.7. The summed E-state index contributed by atoms with van der Waals surface area (Å²) >= 11 is 0. The highest BCUT2D eigenvalue weighted by atomic mass is 19.1. The first-order chi connectivity index (χ1) is 9.56. The molecule has 0 bridgehead atoms. The zero-order valence-electron chi connectivity index (χ0n) is 11.9. The summed E-state index contributed by atoms with van der Waals surface area (Å²) in [5.74, 6) is -0.0638. The van der Waals surface area contributed by atoms with Crippen molar-refractivity contribution in [3.05, 3.63) is 34.9 Å². The molecular formula is C16H20F2N2. The molecule has 0 amide bonds. The van der Waals surface area contributed by atoms with Gasteiger partial charge >= 0.3 is 0 Å². The van der Waals surface area contributed by atoms with Crippen LogP contribution >= 0.6 is 0 Å². The van der Waals surface area contributed by atoms with Gasteiger partial charge in [0.15, 0.2) is 0 Å². The molecule has 20 heavy (non-hydrogen) atoms. The molecule has 1 aliphatic rings. The maximum atomic E-state index is 13.8. The van der Waals surface area contributed by atoms with Crippen molar-refractivity contribution in [1.29, 1.82) is 5.26 Å². The van der Waals surface area contributed by atoms with Crippen molar-refractivity contribution < 1.29 is 8.78 Å². The van der Waals surface area contributed by atoms with Crippen molar-refractivity contribution >= 4 is 0 Å². The van der Waals surface area contributed by atoms with Crippen LogP contribution in [0.1, 0.15) is 44.2 Å². The summed E-state index contributed by atoms with van der Waals surface area (Å²) in [6, 6.07) is 4.25. The SMILES string of the molecule is CCC1CCC(NCc2c(F)cc(C#N)cc2F)C1C. The lowest BCUT2D eigenvalue weighted by atomic mass is 9.93. The summed E-state index contributed by atoms with van der Waals surface area (Å²) in [5.41, 5.74) is 0.0418. The summed E-state index contributed by atoms with van der Waals surface area (Å²) < 4.78 is 27.6. The van der Waals surface area contributed by atoms with Crippen molar-refractivity contribution in [3.63, 3.8) is 0 Å². The first kappa shape index (κ1) is 14.9. The smallest absolute Gasteiger partial charge is 0.131 e. The fraction of sp³-hybridized carbons (Fsp3) is 0.562. The van der Waals surface area contributed by atoms with E-state index in [1.807, 2.05) is 0 Å². The molecule has 0 spiro atoms. The van der Waals surface area contributed by atoms with Gasteiger partial charge in [0.05, 0.1) is 11.6 Å². The summed E-state index contributed by atoms with van der Waals surface area (Å²) in [6.45, 7) is 4.56. The van der Waals surface area contributed by atoms with E-state index in [2.05, 4.69) is 19.2 Å². The molecule has 1 aliphatic carbocycles. The van der Waals surface area contributed by atoms with Gasteiger partial charge in [-0.1, -0.05) is 20.3 Å². The average molecular weight is 278 g/mol. The van der Waals surface area contributed by atoms with Gasteiger partial charge in [-0.05, 0) is 36.8 Å². The van der Waals surface area contributed by atoms with Crippen LogP contribution in [0.5, 0.6) is 0 Å². The van der Waals surface area contributed by atoms with Crippen LogP contribution in [-0.4, -0.2) is 6.04 Å². The van der Waals surface area contributed by atoms with Crippen LogP contribution in [-0.2, 0) is 6.54 Å². The number of nitrogens with one attached hydrogen (secondary N) is 1. The first-order valence-electron chi connectivity index (χ1n) is 7.18. The minimum atomic E-state index is -0.647. The second-order valence-electron chi connectivity index (χ2n) is 5.62. The lowest BCUT2D eigenvalue weighted by Gasteiger charge is -2.21. The minimum absolute atomic E-state index is 0.0176. The van der Waals surface area contributed by atoms with E-state index in [0.29, 0.717) is 17.9 Å². The highest BCUT2D eigenvalue weighted by Gasteiger charge is 2.31. The van der Waals surface area contributed by atoms with E-state index in [4.69, 9.17) is 5.26 Å². The van der Waals surface area contributed by atoms with Gasteiger partial charge in [0.2, 0.25) is 0 Å². The number of nitrogens with zero attached hydrogens (tertiary/aromatic N) is 1. The Morgan fingerprint density at radius 1 is 1.30 bits per heavy atom. The Morgan fingerprint density at radius 2 is 1.95 bits per heavy atom. The lowest BCUT2D eigenvalue weighted by molar-refractivity contribution is 0.341. The van der Waals surface area contributed by atoms with Gasteiger partial charge in [-0.2, -0.15) is 5.26 Å². The zero-order valence-corrected chi connectivity index (χ0v) is 11.9. The molecule has 0 aliphatic heterocycles. The lowest BCUT2D eigenvalue weighted by Crippen LogP contribution is -2.32. The van der Waals surface area contributed by atoms with Crippen LogP contribution in [0.3, 0.4) is 0 Å². The normalized spacial score (nSPS) is 25.6. The third-order valence-electron chi connectivity index (χ3n) is 4.56. The van der Waals surface area contributed by atoms with Gasteiger partial charge in [0.25, 0.3) is 0 Å². The summed E-state index contributed by atoms with van der Waals surface area (Å²) in [6.07, 6.45) is 3.38. The topological polar surface area (TPSA) is 35.8 Å². The molecular weight excluding hydrogens is 258 g/mol. The first-order valence-corrected chi connectivity index (χ1v) is 7.18. The second kappa shape index (κ2) is 6.32. The minimum Gasteiger partial charge on any atom is -0.309 e. The van der Waals surface area contributed by atoms with Crippen LogP contribution in [0.2, 0.25) is 0 Å². The Morgan fingerprint density at radius 3 is 2.45 bits per heavy atom. The number of nitriles is 1. The molecule has 0 radical (unpaired) electrons. The maximum Gasteiger partial charge on any atom is 0.131 e. The molecule has 3 atom stereocenters. The van der Waals surface area contributed by atoms with Crippen LogP contribution in [0.4, 0.5) is 8.78 Å². The molecule has 1 N–H and O–H groups in total. The molecule has 1 saturated carbocycles. The van der Waals surface area contributed by atoms with Crippen LogP contribution in [0.25, 0.3) is 0 Å². The van der Waals surface area contributed by atoms with E-state index in [0.717, 1.165) is 25.0 Å². The Bertz CT molecular complexity index is 499. The van der Waals surface area contributed by atoms with E-state index < -0.39 is 11.6 Å². The predicted octanol–water partition coefficient (Wildman–Crippen LogP) is 3.75. The summed E-state index contributed by atoms with van der Waals surface area (Å²) in [7, 11) is 0. The Kier molecular flexibility index (Phi) is 4.72. The number of hydrogen-bond acceptors (Lipinski definition) is 2. The maximum absolute atomic E-state index is 13.8. The fourth-order valence-electron chi connectivity index (χ4n) is 3.18. The largest absolute Gasteiger partial charge is 0.309 e. The van der Waals surface area contributed by atoms with Crippen molar-refractivity contribution in [2.24, 2.45) is 11.8 Å². The van der Waals surface area contributed by atoms with Gasteiger partial charge < -0.3 is 5.32 Å². The predicted molar refractivity (Wildman–Crippen MR) is 73.9 cm³/mol. The van der Waals surface area contributed by atoms with E-state index in [9.17, 15) is 8.78 Å². The molecule has 4 heteroatoms. The monoisotopic (exact) mass is 278 g/mol. The van der Waals surface area contributed by atoms with Gasteiger partial charge in [-0.15, -0.1) is 0 Å². The van der Waals surface area contributed by atoms with Crippen LogP contribution in [0, 0.1) is 34.8 Å². The molecule has 0 heterocycles. The van der Waals surface area contributed by atoms with E-state index >= 15 is 0 Å². The van der Waals surface area contributed by atoms with Crippen LogP contribution < -0.4 is 5.32 Å². The van der Waals surface area contributed by atoms with Crippen LogP contribution in [0.15, 0.2) is 12.1 Å². The highest BCUT2D eigenvalue weighted by Crippen LogP contribution is 2.34. The van der Waals surface area contributed by atoms with Crippen molar-refractivity contribution in [1.82, 2.24) is 5.32 Å². The Hall–Kier alpha value is -1.47. The van der Waals surface area contributed by atoms with Gasteiger partial charge in [-0.3, -0.25) is 0 Å². The molecule has 2 nitrogen and oxygen atoms in total. The van der Waals surface area contributed by atoms with E-state index in [1.165, 1.54) is 6.42 Å². The average Bonchev–Trinajstić information content (AvgIpc) is 2.78. The number of benzene rings is 1. The molecule has 3 unspecified atom stereocenters. The van der Waals surface area contributed by atoms with Gasteiger partial charge in [-0.25, -0.2) is 8.78 Å². The third kappa shape index (κ3) is 2.99. The fourth-order valence-corrected chi connectivity index (χ4v) is 3.18. The quantitative estimate of drug-likeness (QED) is 0.910. The second-order valence-corrected chi connectivity index (χ2v) is 5.62.